The van der Waals surface area contributed by atoms with Crippen LogP contribution in [0.3, 0.4) is 0 Å². The van der Waals surface area contributed by atoms with Crippen LogP contribution in [0.4, 0.5) is 0 Å². The minimum Gasteiger partial charge on any atom is -0.391 e. The molecule has 74 valence electrons. The molecule has 0 rings (SSSR count). The molecule has 2 N–H and O–H groups in total. The van der Waals surface area contributed by atoms with Gasteiger partial charge >= 0.3 is 0 Å². The predicted molar refractivity (Wildman–Crippen MR) is 50.3 cm³/mol. The lowest BCUT2D eigenvalue weighted by Crippen LogP contribution is -2.29. The fourth-order valence-corrected chi connectivity index (χ4v) is 0.916. The third-order valence-electron chi connectivity index (χ3n) is 1.94. The predicted octanol–water partition coefficient (Wildman–Crippen LogP) is 0.772. The van der Waals surface area contributed by atoms with E-state index in [2.05, 4.69) is 19.2 Å². The topological polar surface area (TPSA) is 41.5 Å². The zero-order valence-electron chi connectivity index (χ0n) is 8.34. The fraction of sp³-hybridized carbons (Fsp3) is 1.00. The Balaban J connectivity index is 3.18. The van der Waals surface area contributed by atoms with E-state index in [1.807, 2.05) is 0 Å². The third kappa shape index (κ3) is 6.58. The number of hydrogen-bond donors (Lipinski definition) is 2. The SMILES string of the molecule is CCC(C)NCCC(O)COC. The summed E-state index contributed by atoms with van der Waals surface area (Å²) < 4.78 is 4.81. The van der Waals surface area contributed by atoms with E-state index in [4.69, 9.17) is 4.74 Å². The van der Waals surface area contributed by atoms with Crippen LogP contribution in [0.1, 0.15) is 26.7 Å². The number of aliphatic hydroxyl groups excluding tert-OH is 1. The van der Waals surface area contributed by atoms with Gasteiger partial charge in [0.25, 0.3) is 0 Å². The van der Waals surface area contributed by atoms with Crippen molar-refractivity contribution in [3.63, 3.8) is 0 Å². The Morgan fingerprint density at radius 2 is 2.17 bits per heavy atom. The van der Waals surface area contributed by atoms with Crippen molar-refractivity contribution in [2.75, 3.05) is 20.3 Å². The highest BCUT2D eigenvalue weighted by molar-refractivity contribution is 4.61. The van der Waals surface area contributed by atoms with Gasteiger partial charge in [0, 0.05) is 13.2 Å². The van der Waals surface area contributed by atoms with Crippen LogP contribution in [0.5, 0.6) is 0 Å². The summed E-state index contributed by atoms with van der Waals surface area (Å²) in [5.41, 5.74) is 0. The molecule has 0 fully saturated rings. The Kier molecular flexibility index (Phi) is 7.45. The lowest BCUT2D eigenvalue weighted by atomic mass is 10.2. The summed E-state index contributed by atoms with van der Waals surface area (Å²) in [5.74, 6) is 0. The molecule has 12 heavy (non-hydrogen) atoms. The standard InChI is InChI=1S/C9H21NO2/c1-4-8(2)10-6-5-9(11)7-12-3/h8-11H,4-7H2,1-3H3. The van der Waals surface area contributed by atoms with Crippen molar-refractivity contribution in [1.82, 2.24) is 5.32 Å². The van der Waals surface area contributed by atoms with E-state index in [0.717, 1.165) is 19.4 Å². The Labute approximate surface area is 75.1 Å². The first-order valence-electron chi connectivity index (χ1n) is 4.61. The van der Waals surface area contributed by atoms with Gasteiger partial charge in [0.15, 0.2) is 0 Å². The van der Waals surface area contributed by atoms with Gasteiger partial charge < -0.3 is 15.2 Å². The molecular formula is C9H21NO2. The fourth-order valence-electron chi connectivity index (χ4n) is 0.916. The lowest BCUT2D eigenvalue weighted by Gasteiger charge is -2.13. The van der Waals surface area contributed by atoms with Crippen molar-refractivity contribution in [1.29, 1.82) is 0 Å². The highest BCUT2D eigenvalue weighted by Crippen LogP contribution is 1.92. The molecule has 0 saturated carbocycles. The van der Waals surface area contributed by atoms with Gasteiger partial charge in [0.1, 0.15) is 0 Å². The first-order valence-corrected chi connectivity index (χ1v) is 4.61. The lowest BCUT2D eigenvalue weighted by molar-refractivity contribution is 0.0590. The van der Waals surface area contributed by atoms with E-state index >= 15 is 0 Å². The van der Waals surface area contributed by atoms with E-state index < -0.39 is 0 Å². The Bertz CT molecular complexity index is 98.5. The van der Waals surface area contributed by atoms with Gasteiger partial charge in [-0.3, -0.25) is 0 Å². The second kappa shape index (κ2) is 7.53. The second-order valence-electron chi connectivity index (χ2n) is 3.16. The first kappa shape index (κ1) is 11.9. The van der Waals surface area contributed by atoms with Gasteiger partial charge in [0.2, 0.25) is 0 Å². The molecule has 3 heteroatoms. The highest BCUT2D eigenvalue weighted by Gasteiger charge is 2.03. The average molecular weight is 175 g/mol. The molecule has 3 nitrogen and oxygen atoms in total. The van der Waals surface area contributed by atoms with Crippen molar-refractivity contribution >= 4 is 0 Å². The summed E-state index contributed by atoms with van der Waals surface area (Å²) in [4.78, 5) is 0. The normalized spacial score (nSPS) is 16.0. The van der Waals surface area contributed by atoms with Gasteiger partial charge in [-0.25, -0.2) is 0 Å². The minimum atomic E-state index is -0.327. The van der Waals surface area contributed by atoms with Crippen molar-refractivity contribution < 1.29 is 9.84 Å². The maximum atomic E-state index is 9.27. The van der Waals surface area contributed by atoms with Crippen LogP contribution in [0.25, 0.3) is 0 Å². The maximum absolute atomic E-state index is 9.27. The molecule has 0 aliphatic rings. The number of aliphatic hydroxyl groups is 1. The molecule has 0 saturated heterocycles. The second-order valence-corrected chi connectivity index (χ2v) is 3.16. The molecule has 0 aliphatic heterocycles. The van der Waals surface area contributed by atoms with E-state index in [1.165, 1.54) is 0 Å². The average Bonchev–Trinajstić information content (AvgIpc) is 2.04. The van der Waals surface area contributed by atoms with Crippen LogP contribution >= 0.6 is 0 Å². The molecule has 2 unspecified atom stereocenters. The van der Waals surface area contributed by atoms with Crippen LogP contribution < -0.4 is 5.32 Å². The van der Waals surface area contributed by atoms with E-state index in [9.17, 15) is 5.11 Å². The van der Waals surface area contributed by atoms with E-state index in [1.54, 1.807) is 7.11 Å². The van der Waals surface area contributed by atoms with Gasteiger partial charge in [-0.1, -0.05) is 6.92 Å². The maximum Gasteiger partial charge on any atom is 0.0785 e. The summed E-state index contributed by atoms with van der Waals surface area (Å²) in [6.45, 7) is 5.58. The number of ether oxygens (including phenoxy) is 1. The van der Waals surface area contributed by atoms with Crippen molar-refractivity contribution in [2.24, 2.45) is 0 Å². The number of hydrogen-bond acceptors (Lipinski definition) is 3. The Morgan fingerprint density at radius 1 is 1.50 bits per heavy atom. The molecule has 0 heterocycles. The van der Waals surface area contributed by atoms with E-state index in [-0.39, 0.29) is 6.10 Å². The molecule has 0 aromatic carbocycles. The molecule has 0 aromatic rings. The molecular weight excluding hydrogens is 154 g/mol. The first-order chi connectivity index (χ1) is 5.70. The van der Waals surface area contributed by atoms with Crippen molar-refractivity contribution in [3.05, 3.63) is 0 Å². The number of rotatable bonds is 7. The van der Waals surface area contributed by atoms with Crippen LogP contribution in [-0.2, 0) is 4.74 Å². The molecule has 0 aromatic heterocycles. The third-order valence-corrected chi connectivity index (χ3v) is 1.94. The molecule has 0 radical (unpaired) electrons. The van der Waals surface area contributed by atoms with Crippen molar-refractivity contribution in [2.45, 2.75) is 38.8 Å². The smallest absolute Gasteiger partial charge is 0.0785 e. The van der Waals surface area contributed by atoms with E-state index in [0.29, 0.717) is 12.6 Å². The number of nitrogens with one attached hydrogen (secondary N) is 1. The summed E-state index contributed by atoms with van der Waals surface area (Å²) >= 11 is 0. The molecule has 2 atom stereocenters. The van der Waals surface area contributed by atoms with Crippen LogP contribution in [-0.4, -0.2) is 37.5 Å². The van der Waals surface area contributed by atoms with Crippen LogP contribution in [0, 0.1) is 0 Å². The summed E-state index contributed by atoms with van der Waals surface area (Å²) in [6, 6.07) is 0.541. The quantitative estimate of drug-likeness (QED) is 0.600. The molecule has 0 aliphatic carbocycles. The monoisotopic (exact) mass is 175 g/mol. The van der Waals surface area contributed by atoms with Gasteiger partial charge in [-0.2, -0.15) is 0 Å². The summed E-state index contributed by atoms with van der Waals surface area (Å²) in [7, 11) is 1.60. The van der Waals surface area contributed by atoms with Gasteiger partial charge in [-0.15, -0.1) is 0 Å². The van der Waals surface area contributed by atoms with Crippen molar-refractivity contribution in [3.8, 4) is 0 Å². The zero-order valence-corrected chi connectivity index (χ0v) is 8.34. The van der Waals surface area contributed by atoms with Crippen LogP contribution in [0.2, 0.25) is 0 Å². The number of methoxy groups -OCH3 is 1. The zero-order chi connectivity index (χ0) is 9.40. The molecule has 0 bridgehead atoms. The Morgan fingerprint density at radius 3 is 2.67 bits per heavy atom. The Hall–Kier alpha value is -0.120. The molecule has 0 spiro atoms. The highest BCUT2D eigenvalue weighted by atomic mass is 16.5. The summed E-state index contributed by atoms with van der Waals surface area (Å²) in [6.07, 6.45) is 1.56. The largest absolute Gasteiger partial charge is 0.391 e. The molecule has 0 amide bonds. The van der Waals surface area contributed by atoms with Crippen LogP contribution in [0.15, 0.2) is 0 Å². The van der Waals surface area contributed by atoms with Gasteiger partial charge in [-0.05, 0) is 26.3 Å². The minimum absolute atomic E-state index is 0.327. The van der Waals surface area contributed by atoms with Gasteiger partial charge in [0.05, 0.1) is 12.7 Å². The summed E-state index contributed by atoms with van der Waals surface area (Å²) in [5, 5.41) is 12.6.